The van der Waals surface area contributed by atoms with Gasteiger partial charge >= 0.3 is 0 Å². The van der Waals surface area contributed by atoms with Crippen molar-refractivity contribution < 1.29 is 9.50 Å². The molecule has 0 aliphatic carbocycles. The van der Waals surface area contributed by atoms with Crippen LogP contribution in [0.1, 0.15) is 19.4 Å². The van der Waals surface area contributed by atoms with Gasteiger partial charge in [0.15, 0.2) is 0 Å². The minimum atomic E-state index is -0.812. The molecule has 0 fully saturated rings. The van der Waals surface area contributed by atoms with E-state index in [1.165, 1.54) is 6.07 Å². The van der Waals surface area contributed by atoms with Gasteiger partial charge in [-0.1, -0.05) is 13.0 Å². The monoisotopic (exact) mass is 289 g/mol. The number of aliphatic hydroxyl groups is 1. The molecule has 0 saturated heterocycles. The molecule has 4 heteroatoms. The molecule has 1 aromatic rings. The van der Waals surface area contributed by atoms with Gasteiger partial charge in [0, 0.05) is 13.0 Å². The van der Waals surface area contributed by atoms with Gasteiger partial charge in [-0.25, -0.2) is 4.39 Å². The molecule has 0 bridgehead atoms. The molecule has 1 unspecified atom stereocenters. The highest BCUT2D eigenvalue weighted by molar-refractivity contribution is 9.10. The summed E-state index contributed by atoms with van der Waals surface area (Å²) in [6.45, 7) is 5.11. The fraction of sp³-hybridized carbons (Fsp3) is 0.500. The van der Waals surface area contributed by atoms with Crippen molar-refractivity contribution in [3.05, 3.63) is 34.1 Å². The van der Waals surface area contributed by atoms with Crippen LogP contribution in [0.15, 0.2) is 22.7 Å². The minimum absolute atomic E-state index is 0.282. The van der Waals surface area contributed by atoms with E-state index in [1.807, 2.05) is 6.92 Å². The Morgan fingerprint density at radius 1 is 1.50 bits per heavy atom. The van der Waals surface area contributed by atoms with Gasteiger partial charge in [-0.3, -0.25) is 0 Å². The zero-order chi connectivity index (χ0) is 12.2. The van der Waals surface area contributed by atoms with Crippen LogP contribution >= 0.6 is 15.9 Å². The number of nitrogens with one attached hydrogen (secondary N) is 1. The lowest BCUT2D eigenvalue weighted by Gasteiger charge is -2.23. The summed E-state index contributed by atoms with van der Waals surface area (Å²) in [7, 11) is 0. The van der Waals surface area contributed by atoms with Gasteiger partial charge in [-0.15, -0.1) is 0 Å². The van der Waals surface area contributed by atoms with Gasteiger partial charge in [0.25, 0.3) is 0 Å². The van der Waals surface area contributed by atoms with Crippen molar-refractivity contribution in [2.45, 2.75) is 25.9 Å². The van der Waals surface area contributed by atoms with Crippen LogP contribution in [0.3, 0.4) is 0 Å². The molecule has 0 saturated carbocycles. The number of rotatable bonds is 5. The molecule has 0 radical (unpaired) electrons. The number of likely N-dealkylation sites (N-methyl/N-ethyl adjacent to an activating group) is 1. The first-order chi connectivity index (χ1) is 7.44. The second kappa shape index (κ2) is 5.75. The SMILES string of the molecule is CCNCC(C)(O)Cc1ccc(F)c(Br)c1. The second-order valence-electron chi connectivity index (χ2n) is 4.20. The van der Waals surface area contributed by atoms with Gasteiger partial charge in [0.2, 0.25) is 0 Å². The van der Waals surface area contributed by atoms with E-state index in [2.05, 4.69) is 21.2 Å². The van der Waals surface area contributed by atoms with E-state index in [1.54, 1.807) is 19.1 Å². The molecule has 0 aromatic heterocycles. The van der Waals surface area contributed by atoms with Crippen LogP contribution in [0.4, 0.5) is 4.39 Å². The normalized spacial score (nSPS) is 14.8. The first-order valence-electron chi connectivity index (χ1n) is 5.31. The molecule has 1 rings (SSSR count). The summed E-state index contributed by atoms with van der Waals surface area (Å²) >= 11 is 3.13. The van der Waals surface area contributed by atoms with E-state index in [-0.39, 0.29) is 5.82 Å². The van der Waals surface area contributed by atoms with Crippen molar-refractivity contribution in [1.29, 1.82) is 0 Å². The Hall–Kier alpha value is -0.450. The van der Waals surface area contributed by atoms with Crippen molar-refractivity contribution in [2.75, 3.05) is 13.1 Å². The summed E-state index contributed by atoms with van der Waals surface area (Å²) in [6, 6.07) is 4.80. The highest BCUT2D eigenvalue weighted by atomic mass is 79.9. The number of halogens is 2. The molecule has 0 aliphatic heterocycles. The maximum Gasteiger partial charge on any atom is 0.137 e. The fourth-order valence-electron chi connectivity index (χ4n) is 1.55. The Labute approximate surface area is 104 Å². The summed E-state index contributed by atoms with van der Waals surface area (Å²) < 4.78 is 13.4. The van der Waals surface area contributed by atoms with Crippen LogP contribution in [0.5, 0.6) is 0 Å². The zero-order valence-electron chi connectivity index (χ0n) is 9.56. The quantitative estimate of drug-likeness (QED) is 0.873. The van der Waals surface area contributed by atoms with E-state index in [4.69, 9.17) is 0 Å². The van der Waals surface area contributed by atoms with E-state index < -0.39 is 5.60 Å². The predicted octanol–water partition coefficient (Wildman–Crippen LogP) is 2.49. The van der Waals surface area contributed by atoms with Crippen LogP contribution < -0.4 is 5.32 Å². The van der Waals surface area contributed by atoms with Gasteiger partial charge in [-0.2, -0.15) is 0 Å². The van der Waals surface area contributed by atoms with Gasteiger partial charge < -0.3 is 10.4 Å². The maximum atomic E-state index is 13.0. The summed E-state index contributed by atoms with van der Waals surface area (Å²) in [5.41, 5.74) is 0.101. The van der Waals surface area contributed by atoms with Crippen LogP contribution in [-0.4, -0.2) is 23.8 Å². The predicted molar refractivity (Wildman–Crippen MR) is 67.0 cm³/mol. The number of hydrogen-bond acceptors (Lipinski definition) is 2. The molecule has 2 N–H and O–H groups in total. The van der Waals surface area contributed by atoms with Crippen molar-refractivity contribution >= 4 is 15.9 Å². The molecule has 1 aromatic carbocycles. The third-order valence-electron chi connectivity index (χ3n) is 2.32. The Morgan fingerprint density at radius 2 is 2.19 bits per heavy atom. The van der Waals surface area contributed by atoms with E-state index in [0.717, 1.165) is 12.1 Å². The molecule has 0 aliphatic rings. The molecule has 0 amide bonds. The van der Waals surface area contributed by atoms with E-state index in [9.17, 15) is 9.50 Å². The summed E-state index contributed by atoms with van der Waals surface area (Å²) in [4.78, 5) is 0. The van der Waals surface area contributed by atoms with E-state index in [0.29, 0.717) is 17.4 Å². The molecule has 16 heavy (non-hydrogen) atoms. The lowest BCUT2D eigenvalue weighted by molar-refractivity contribution is 0.0607. The molecular formula is C12H17BrFNO. The first kappa shape index (κ1) is 13.6. The number of benzene rings is 1. The lowest BCUT2D eigenvalue weighted by Crippen LogP contribution is -2.39. The summed E-state index contributed by atoms with van der Waals surface area (Å²) in [5.74, 6) is -0.282. The highest BCUT2D eigenvalue weighted by Crippen LogP contribution is 2.20. The Balaban J connectivity index is 2.68. The Morgan fingerprint density at radius 3 is 2.75 bits per heavy atom. The highest BCUT2D eigenvalue weighted by Gasteiger charge is 2.20. The summed E-state index contributed by atoms with van der Waals surface area (Å²) in [5, 5.41) is 13.2. The van der Waals surface area contributed by atoms with Crippen molar-refractivity contribution in [3.63, 3.8) is 0 Å². The minimum Gasteiger partial charge on any atom is -0.389 e. The maximum absolute atomic E-state index is 13.0. The topological polar surface area (TPSA) is 32.3 Å². The van der Waals surface area contributed by atoms with Gasteiger partial charge in [0.05, 0.1) is 10.1 Å². The van der Waals surface area contributed by atoms with Crippen LogP contribution in [-0.2, 0) is 6.42 Å². The molecule has 0 spiro atoms. The van der Waals surface area contributed by atoms with E-state index >= 15 is 0 Å². The third-order valence-corrected chi connectivity index (χ3v) is 2.93. The van der Waals surface area contributed by atoms with Gasteiger partial charge in [0.1, 0.15) is 5.82 Å². The van der Waals surface area contributed by atoms with Crippen LogP contribution in [0, 0.1) is 5.82 Å². The van der Waals surface area contributed by atoms with Crippen LogP contribution in [0.25, 0.3) is 0 Å². The molecule has 0 heterocycles. The Bertz CT molecular complexity index is 355. The lowest BCUT2D eigenvalue weighted by atomic mass is 9.96. The largest absolute Gasteiger partial charge is 0.389 e. The van der Waals surface area contributed by atoms with Crippen LogP contribution in [0.2, 0.25) is 0 Å². The smallest absolute Gasteiger partial charge is 0.137 e. The average molecular weight is 290 g/mol. The first-order valence-corrected chi connectivity index (χ1v) is 6.11. The summed E-state index contributed by atoms with van der Waals surface area (Å²) in [6.07, 6.45) is 0.499. The molecule has 1 atom stereocenters. The fourth-order valence-corrected chi connectivity index (χ4v) is 1.97. The number of hydrogen-bond donors (Lipinski definition) is 2. The van der Waals surface area contributed by atoms with Gasteiger partial charge in [-0.05, 0) is 47.1 Å². The third kappa shape index (κ3) is 4.20. The van der Waals surface area contributed by atoms with Crippen molar-refractivity contribution in [3.8, 4) is 0 Å². The Kier molecular flexibility index (Phi) is 4.89. The average Bonchev–Trinajstić information content (AvgIpc) is 2.20. The molecule has 90 valence electrons. The molecular weight excluding hydrogens is 273 g/mol. The van der Waals surface area contributed by atoms with Crippen molar-refractivity contribution in [1.82, 2.24) is 5.32 Å². The second-order valence-corrected chi connectivity index (χ2v) is 5.06. The zero-order valence-corrected chi connectivity index (χ0v) is 11.1. The molecule has 2 nitrogen and oxygen atoms in total. The van der Waals surface area contributed by atoms with Crippen molar-refractivity contribution in [2.24, 2.45) is 0 Å². The standard InChI is InChI=1S/C12H17BrFNO/c1-3-15-8-12(2,16)7-9-4-5-11(14)10(13)6-9/h4-6,15-16H,3,7-8H2,1-2H3.